The maximum Gasteiger partial charge on any atom is 0.332 e. The fraction of sp³-hybridized carbons (Fsp3) is 0.125. The molecule has 0 radical (unpaired) electrons. The van der Waals surface area contributed by atoms with Gasteiger partial charge in [0.2, 0.25) is 6.79 Å². The van der Waals surface area contributed by atoms with Crippen molar-refractivity contribution in [2.24, 2.45) is 0 Å². The monoisotopic (exact) mass is 413 g/mol. The molecule has 0 unspecified atom stereocenters. The van der Waals surface area contributed by atoms with Crippen molar-refractivity contribution in [3.8, 4) is 11.5 Å². The van der Waals surface area contributed by atoms with Gasteiger partial charge in [0.25, 0.3) is 5.56 Å². The summed E-state index contributed by atoms with van der Waals surface area (Å²) in [6.07, 6.45) is 5.41. The van der Waals surface area contributed by atoms with Gasteiger partial charge in [-0.1, -0.05) is 48.6 Å². The standard InChI is InChI=1S/C24H19N3O4/c28-23-22-19(9-4-12-25-22)26(13-5-8-17-6-2-1-3-7-17)24(29)27(23)15-18-10-11-20-21(14-18)31-16-30-20/h1-12,14H,13,15-16H2/b8-5+. The molecule has 0 N–H and O–H groups in total. The number of hydrogen-bond acceptors (Lipinski definition) is 5. The molecule has 4 aromatic rings. The summed E-state index contributed by atoms with van der Waals surface area (Å²) in [5, 5.41) is 0. The number of aromatic nitrogens is 3. The fourth-order valence-corrected chi connectivity index (χ4v) is 3.64. The Hall–Kier alpha value is -4.13. The van der Waals surface area contributed by atoms with Crippen LogP contribution in [0.25, 0.3) is 17.1 Å². The molecule has 0 saturated heterocycles. The van der Waals surface area contributed by atoms with Crippen LogP contribution >= 0.6 is 0 Å². The van der Waals surface area contributed by atoms with E-state index >= 15 is 0 Å². The van der Waals surface area contributed by atoms with Gasteiger partial charge < -0.3 is 9.47 Å². The van der Waals surface area contributed by atoms with E-state index < -0.39 is 5.56 Å². The van der Waals surface area contributed by atoms with E-state index in [1.807, 2.05) is 48.6 Å². The summed E-state index contributed by atoms with van der Waals surface area (Å²) in [4.78, 5) is 30.6. The van der Waals surface area contributed by atoms with Gasteiger partial charge in [-0.15, -0.1) is 0 Å². The van der Waals surface area contributed by atoms with Gasteiger partial charge in [-0.05, 0) is 35.4 Å². The summed E-state index contributed by atoms with van der Waals surface area (Å²) in [6, 6.07) is 18.7. The number of hydrogen-bond donors (Lipinski definition) is 0. The number of benzene rings is 2. The zero-order chi connectivity index (χ0) is 21.2. The van der Waals surface area contributed by atoms with Crippen molar-refractivity contribution in [2.45, 2.75) is 13.1 Å². The molecule has 0 fully saturated rings. The smallest absolute Gasteiger partial charge is 0.332 e. The Morgan fingerprint density at radius 2 is 1.77 bits per heavy atom. The average molecular weight is 413 g/mol. The first-order chi connectivity index (χ1) is 15.2. The first-order valence-electron chi connectivity index (χ1n) is 9.89. The topological polar surface area (TPSA) is 75.4 Å². The number of fused-ring (bicyclic) bond motifs is 2. The minimum Gasteiger partial charge on any atom is -0.454 e. The second kappa shape index (κ2) is 7.95. The molecule has 2 aromatic heterocycles. The Bertz CT molecular complexity index is 1400. The second-order valence-electron chi connectivity index (χ2n) is 7.16. The Labute approximate surface area is 177 Å². The number of nitrogens with zero attached hydrogens (tertiary/aromatic N) is 3. The number of pyridine rings is 1. The van der Waals surface area contributed by atoms with Gasteiger partial charge in [0.15, 0.2) is 17.0 Å². The minimum atomic E-state index is -0.415. The highest BCUT2D eigenvalue weighted by atomic mass is 16.7. The van der Waals surface area contributed by atoms with E-state index in [1.165, 1.54) is 4.57 Å². The van der Waals surface area contributed by atoms with Crippen LogP contribution in [0.1, 0.15) is 11.1 Å². The lowest BCUT2D eigenvalue weighted by atomic mass is 10.2. The molecule has 3 heterocycles. The van der Waals surface area contributed by atoms with Crippen LogP contribution in [0, 0.1) is 0 Å². The van der Waals surface area contributed by atoms with Crippen LogP contribution in [0.4, 0.5) is 0 Å². The van der Waals surface area contributed by atoms with Crippen LogP contribution in [0.3, 0.4) is 0 Å². The lowest BCUT2D eigenvalue weighted by Gasteiger charge is -2.12. The number of allylic oxidation sites excluding steroid dienone is 1. The maximum atomic E-state index is 13.3. The molecule has 0 saturated carbocycles. The number of ether oxygens (including phenoxy) is 2. The summed E-state index contributed by atoms with van der Waals surface area (Å²) in [5.74, 6) is 1.26. The van der Waals surface area contributed by atoms with Crippen molar-refractivity contribution >= 4 is 17.1 Å². The van der Waals surface area contributed by atoms with E-state index in [2.05, 4.69) is 4.98 Å². The molecule has 31 heavy (non-hydrogen) atoms. The van der Waals surface area contributed by atoms with Crippen LogP contribution in [0.2, 0.25) is 0 Å². The van der Waals surface area contributed by atoms with Gasteiger partial charge in [0, 0.05) is 12.7 Å². The SMILES string of the molecule is O=c1c2ncccc2n(C/C=C/c2ccccc2)c(=O)n1Cc1ccc2c(c1)OCO2. The van der Waals surface area contributed by atoms with Crippen molar-refractivity contribution in [3.05, 3.63) is 105 Å². The highest BCUT2D eigenvalue weighted by Crippen LogP contribution is 2.32. The predicted molar refractivity (Wildman–Crippen MR) is 117 cm³/mol. The van der Waals surface area contributed by atoms with Gasteiger partial charge >= 0.3 is 5.69 Å². The van der Waals surface area contributed by atoms with E-state index in [4.69, 9.17) is 9.47 Å². The van der Waals surface area contributed by atoms with Crippen LogP contribution in [-0.4, -0.2) is 20.9 Å². The molecule has 0 amide bonds. The van der Waals surface area contributed by atoms with Crippen LogP contribution in [0.5, 0.6) is 11.5 Å². The first kappa shape index (κ1) is 18.9. The minimum absolute atomic E-state index is 0.114. The Morgan fingerprint density at radius 3 is 2.65 bits per heavy atom. The van der Waals surface area contributed by atoms with E-state index in [9.17, 15) is 9.59 Å². The number of rotatable bonds is 5. The Balaban J connectivity index is 1.56. The van der Waals surface area contributed by atoms with Gasteiger partial charge in [-0.25, -0.2) is 9.78 Å². The van der Waals surface area contributed by atoms with E-state index in [-0.39, 0.29) is 24.5 Å². The molecular formula is C24H19N3O4. The van der Waals surface area contributed by atoms with Crippen molar-refractivity contribution < 1.29 is 9.47 Å². The van der Waals surface area contributed by atoms with Crippen molar-refractivity contribution in [1.82, 2.24) is 14.1 Å². The molecular weight excluding hydrogens is 394 g/mol. The predicted octanol–water partition coefficient (Wildman–Crippen LogP) is 3.05. The lowest BCUT2D eigenvalue weighted by molar-refractivity contribution is 0.174. The van der Waals surface area contributed by atoms with Crippen molar-refractivity contribution in [1.29, 1.82) is 0 Å². The van der Waals surface area contributed by atoms with Crippen LogP contribution in [-0.2, 0) is 13.1 Å². The maximum absolute atomic E-state index is 13.3. The highest BCUT2D eigenvalue weighted by molar-refractivity contribution is 5.73. The van der Waals surface area contributed by atoms with Gasteiger partial charge in [0.1, 0.15) is 0 Å². The summed E-state index contributed by atoms with van der Waals surface area (Å²) >= 11 is 0. The summed E-state index contributed by atoms with van der Waals surface area (Å²) in [6.45, 7) is 0.597. The molecule has 5 rings (SSSR count). The molecule has 0 aliphatic carbocycles. The third kappa shape index (κ3) is 3.61. The zero-order valence-electron chi connectivity index (χ0n) is 16.6. The van der Waals surface area contributed by atoms with Gasteiger partial charge in [-0.2, -0.15) is 0 Å². The second-order valence-corrected chi connectivity index (χ2v) is 7.16. The third-order valence-electron chi connectivity index (χ3n) is 5.16. The zero-order valence-corrected chi connectivity index (χ0v) is 16.6. The summed E-state index contributed by atoms with van der Waals surface area (Å²) < 4.78 is 13.5. The molecule has 2 aromatic carbocycles. The van der Waals surface area contributed by atoms with Gasteiger partial charge in [-0.3, -0.25) is 13.9 Å². The fourth-order valence-electron chi connectivity index (χ4n) is 3.64. The molecule has 154 valence electrons. The van der Waals surface area contributed by atoms with E-state index in [0.717, 1.165) is 11.1 Å². The molecule has 7 heteroatoms. The van der Waals surface area contributed by atoms with Crippen LogP contribution in [0.15, 0.2) is 82.5 Å². The Kier molecular flexibility index (Phi) is 4.84. The normalized spacial score (nSPS) is 12.6. The largest absolute Gasteiger partial charge is 0.454 e. The summed E-state index contributed by atoms with van der Waals surface area (Å²) in [7, 11) is 0. The summed E-state index contributed by atoms with van der Waals surface area (Å²) in [5.41, 5.74) is 1.77. The molecule has 0 atom stereocenters. The van der Waals surface area contributed by atoms with Crippen molar-refractivity contribution in [3.63, 3.8) is 0 Å². The van der Waals surface area contributed by atoms with Gasteiger partial charge in [0.05, 0.1) is 12.1 Å². The lowest BCUT2D eigenvalue weighted by Crippen LogP contribution is -2.40. The molecule has 7 nitrogen and oxygen atoms in total. The quantitative estimate of drug-likeness (QED) is 0.503. The highest BCUT2D eigenvalue weighted by Gasteiger charge is 2.16. The van der Waals surface area contributed by atoms with E-state index in [0.29, 0.717) is 23.6 Å². The first-order valence-corrected chi connectivity index (χ1v) is 9.89. The molecule has 1 aliphatic rings. The van der Waals surface area contributed by atoms with Crippen LogP contribution < -0.4 is 20.7 Å². The van der Waals surface area contributed by atoms with E-state index in [1.54, 1.807) is 35.0 Å². The third-order valence-corrected chi connectivity index (χ3v) is 5.16. The molecule has 0 spiro atoms. The van der Waals surface area contributed by atoms with Crippen molar-refractivity contribution in [2.75, 3.05) is 6.79 Å². The molecule has 1 aliphatic heterocycles. The molecule has 0 bridgehead atoms. The Morgan fingerprint density at radius 1 is 0.935 bits per heavy atom. The average Bonchev–Trinajstić information content (AvgIpc) is 3.27.